The van der Waals surface area contributed by atoms with E-state index < -0.39 is 11.7 Å². The molecule has 2 aromatic carbocycles. The number of anilines is 1. The van der Waals surface area contributed by atoms with Crippen molar-refractivity contribution in [2.75, 3.05) is 5.32 Å². The normalized spacial score (nSPS) is 10.0. The van der Waals surface area contributed by atoms with E-state index in [1.54, 1.807) is 30.3 Å². The van der Waals surface area contributed by atoms with Gasteiger partial charge in [0.05, 0.1) is 10.7 Å². The zero-order valence-electron chi connectivity index (χ0n) is 8.78. The molecular weight excluding hydrogens is 241 g/mol. The van der Waals surface area contributed by atoms with Crippen molar-refractivity contribution >= 4 is 23.2 Å². The zero-order chi connectivity index (χ0) is 12.3. The summed E-state index contributed by atoms with van der Waals surface area (Å²) in [6.07, 6.45) is 0. The molecule has 0 radical (unpaired) electrons. The summed E-state index contributed by atoms with van der Waals surface area (Å²) in [4.78, 5) is 11.8. The van der Waals surface area contributed by atoms with Crippen LogP contribution in [0.5, 0.6) is 0 Å². The monoisotopic (exact) mass is 249 g/mol. The highest BCUT2D eigenvalue weighted by atomic mass is 35.5. The molecule has 86 valence electrons. The maximum absolute atomic E-state index is 13.4. The molecule has 0 aliphatic heterocycles. The lowest BCUT2D eigenvalue weighted by atomic mass is 10.2. The molecule has 0 aliphatic carbocycles. The fraction of sp³-hybridized carbons (Fsp3) is 0. The summed E-state index contributed by atoms with van der Waals surface area (Å²) < 4.78 is 13.4. The van der Waals surface area contributed by atoms with Crippen LogP contribution in [0, 0.1) is 5.82 Å². The average Bonchev–Trinajstić information content (AvgIpc) is 2.35. The van der Waals surface area contributed by atoms with Crippen molar-refractivity contribution in [1.29, 1.82) is 0 Å². The lowest BCUT2D eigenvalue weighted by Gasteiger charge is -2.07. The quantitative estimate of drug-likeness (QED) is 0.863. The molecule has 0 fully saturated rings. The summed E-state index contributed by atoms with van der Waals surface area (Å²) in [5.74, 6) is -0.945. The van der Waals surface area contributed by atoms with Crippen LogP contribution in [0.3, 0.4) is 0 Å². The van der Waals surface area contributed by atoms with E-state index in [4.69, 9.17) is 11.6 Å². The van der Waals surface area contributed by atoms with Gasteiger partial charge in [0.25, 0.3) is 5.91 Å². The van der Waals surface area contributed by atoms with Crippen LogP contribution in [0.15, 0.2) is 48.5 Å². The summed E-state index contributed by atoms with van der Waals surface area (Å²) in [5.41, 5.74) is 0.454. The number of para-hydroxylation sites is 1. The summed E-state index contributed by atoms with van der Waals surface area (Å²) in [7, 11) is 0. The van der Waals surface area contributed by atoms with Gasteiger partial charge >= 0.3 is 0 Å². The van der Waals surface area contributed by atoms with Gasteiger partial charge in [-0.15, -0.1) is 0 Å². The summed E-state index contributed by atoms with van der Waals surface area (Å²) in [5, 5.41) is 2.62. The zero-order valence-corrected chi connectivity index (χ0v) is 9.54. The summed E-state index contributed by atoms with van der Waals surface area (Å²) in [6, 6.07) is 12.8. The van der Waals surface area contributed by atoms with Gasteiger partial charge in [0.2, 0.25) is 0 Å². The number of hydrogen-bond acceptors (Lipinski definition) is 1. The second-order valence-corrected chi connectivity index (χ2v) is 3.82. The second-order valence-electron chi connectivity index (χ2n) is 3.42. The van der Waals surface area contributed by atoms with E-state index in [1.165, 1.54) is 18.2 Å². The largest absolute Gasteiger partial charge is 0.318 e. The summed E-state index contributed by atoms with van der Waals surface area (Å²) in [6.45, 7) is 0. The second kappa shape index (κ2) is 4.97. The van der Waals surface area contributed by atoms with E-state index in [2.05, 4.69) is 5.32 Å². The Balaban J connectivity index is 2.25. The van der Waals surface area contributed by atoms with E-state index in [-0.39, 0.29) is 10.7 Å². The lowest BCUT2D eigenvalue weighted by Crippen LogP contribution is -2.13. The van der Waals surface area contributed by atoms with Gasteiger partial charge in [-0.25, -0.2) is 4.39 Å². The Morgan fingerprint density at radius 2 is 1.76 bits per heavy atom. The third kappa shape index (κ3) is 2.63. The van der Waals surface area contributed by atoms with Crippen LogP contribution in [0.25, 0.3) is 0 Å². The van der Waals surface area contributed by atoms with Gasteiger partial charge in [-0.1, -0.05) is 35.9 Å². The lowest BCUT2D eigenvalue weighted by molar-refractivity contribution is 0.102. The van der Waals surface area contributed by atoms with E-state index >= 15 is 0 Å². The van der Waals surface area contributed by atoms with Gasteiger partial charge in [0, 0.05) is 5.56 Å². The van der Waals surface area contributed by atoms with E-state index in [1.807, 2.05) is 0 Å². The van der Waals surface area contributed by atoms with Gasteiger partial charge in [-0.05, 0) is 24.3 Å². The fourth-order valence-electron chi connectivity index (χ4n) is 1.39. The minimum Gasteiger partial charge on any atom is -0.318 e. The number of halogens is 2. The Bertz CT molecular complexity index is 522. The summed E-state index contributed by atoms with van der Waals surface area (Å²) >= 11 is 5.81. The number of nitrogens with one attached hydrogen (secondary N) is 1. The average molecular weight is 250 g/mol. The molecule has 0 atom stereocenters. The van der Waals surface area contributed by atoms with Crippen LogP contribution in [0.1, 0.15) is 10.4 Å². The molecular formula is C13H9ClFNO. The van der Waals surface area contributed by atoms with Crippen molar-refractivity contribution in [2.24, 2.45) is 0 Å². The van der Waals surface area contributed by atoms with E-state index in [0.717, 1.165) is 0 Å². The molecule has 2 nitrogen and oxygen atoms in total. The maximum atomic E-state index is 13.4. The minimum atomic E-state index is -0.554. The molecule has 2 aromatic rings. The molecule has 0 heterocycles. The van der Waals surface area contributed by atoms with Gasteiger partial charge in [0.1, 0.15) is 5.82 Å². The Labute approximate surface area is 103 Å². The van der Waals surface area contributed by atoms with Gasteiger partial charge in [-0.3, -0.25) is 4.79 Å². The molecule has 0 spiro atoms. The number of carbonyl (C=O) groups is 1. The van der Waals surface area contributed by atoms with Gasteiger partial charge in [-0.2, -0.15) is 0 Å². The smallest absolute Gasteiger partial charge is 0.255 e. The van der Waals surface area contributed by atoms with Crippen LogP contribution in [-0.2, 0) is 0 Å². The molecule has 0 saturated heterocycles. The number of hydrogen-bond donors (Lipinski definition) is 1. The highest BCUT2D eigenvalue weighted by Crippen LogP contribution is 2.25. The topological polar surface area (TPSA) is 29.1 Å². The standard InChI is InChI=1S/C13H9ClFNO/c14-10-7-4-8-11(15)12(10)16-13(17)9-5-2-1-3-6-9/h1-8H,(H,16,17). The molecule has 1 N–H and O–H groups in total. The van der Waals surface area contributed by atoms with E-state index in [9.17, 15) is 9.18 Å². The first-order valence-corrected chi connectivity index (χ1v) is 5.36. The predicted molar refractivity (Wildman–Crippen MR) is 65.8 cm³/mol. The van der Waals surface area contributed by atoms with Crippen molar-refractivity contribution in [3.63, 3.8) is 0 Å². The predicted octanol–water partition coefficient (Wildman–Crippen LogP) is 3.73. The number of carbonyl (C=O) groups excluding carboxylic acids is 1. The van der Waals surface area contributed by atoms with Gasteiger partial charge < -0.3 is 5.32 Å². The minimum absolute atomic E-state index is 0.00280. The number of rotatable bonds is 2. The van der Waals surface area contributed by atoms with Crippen molar-refractivity contribution in [3.8, 4) is 0 Å². The third-order valence-corrected chi connectivity index (χ3v) is 2.55. The molecule has 17 heavy (non-hydrogen) atoms. The van der Waals surface area contributed by atoms with Crippen LogP contribution >= 0.6 is 11.6 Å². The molecule has 1 amide bonds. The highest BCUT2D eigenvalue weighted by molar-refractivity contribution is 6.33. The Hall–Kier alpha value is -1.87. The molecule has 0 aliphatic rings. The van der Waals surface area contributed by atoms with Crippen LogP contribution in [-0.4, -0.2) is 5.91 Å². The third-order valence-electron chi connectivity index (χ3n) is 2.24. The van der Waals surface area contributed by atoms with Crippen LogP contribution in [0.2, 0.25) is 5.02 Å². The Morgan fingerprint density at radius 3 is 2.41 bits per heavy atom. The molecule has 0 bridgehead atoms. The highest BCUT2D eigenvalue weighted by Gasteiger charge is 2.11. The Kier molecular flexibility index (Phi) is 3.40. The molecule has 0 unspecified atom stereocenters. The Morgan fingerprint density at radius 1 is 1.06 bits per heavy atom. The van der Waals surface area contributed by atoms with Crippen LogP contribution in [0.4, 0.5) is 10.1 Å². The van der Waals surface area contributed by atoms with Crippen molar-refractivity contribution in [2.45, 2.75) is 0 Å². The van der Waals surface area contributed by atoms with Crippen LogP contribution < -0.4 is 5.32 Å². The first kappa shape index (κ1) is 11.6. The first-order valence-electron chi connectivity index (χ1n) is 4.99. The fourth-order valence-corrected chi connectivity index (χ4v) is 1.60. The molecule has 4 heteroatoms. The van der Waals surface area contributed by atoms with E-state index in [0.29, 0.717) is 5.56 Å². The van der Waals surface area contributed by atoms with Gasteiger partial charge in [0.15, 0.2) is 0 Å². The maximum Gasteiger partial charge on any atom is 0.255 e. The SMILES string of the molecule is O=C(Nc1c(F)cccc1Cl)c1ccccc1. The first-order chi connectivity index (χ1) is 8.18. The van der Waals surface area contributed by atoms with Crippen molar-refractivity contribution in [1.82, 2.24) is 0 Å². The van der Waals surface area contributed by atoms with Crippen molar-refractivity contribution < 1.29 is 9.18 Å². The molecule has 2 rings (SSSR count). The molecule has 0 aromatic heterocycles. The van der Waals surface area contributed by atoms with Crippen molar-refractivity contribution in [3.05, 3.63) is 64.9 Å². The number of benzene rings is 2. The molecule has 0 saturated carbocycles. The number of amides is 1.